The summed E-state index contributed by atoms with van der Waals surface area (Å²) in [6.07, 6.45) is 2.38. The molecule has 124 valence electrons. The molecule has 0 aliphatic carbocycles. The van der Waals surface area contributed by atoms with Crippen LogP contribution in [-0.2, 0) is 4.79 Å². The Kier molecular flexibility index (Phi) is 4.69. The Morgan fingerprint density at radius 2 is 2.08 bits per heavy atom. The number of likely N-dealkylation sites (N-methyl/N-ethyl adjacent to an activating group) is 1. The fourth-order valence-electron chi connectivity index (χ4n) is 2.44. The first kappa shape index (κ1) is 15.9. The van der Waals surface area contributed by atoms with E-state index in [0.29, 0.717) is 12.3 Å². The van der Waals surface area contributed by atoms with Gasteiger partial charge in [-0.3, -0.25) is 4.79 Å². The van der Waals surface area contributed by atoms with E-state index < -0.39 is 0 Å². The Morgan fingerprint density at radius 3 is 2.83 bits per heavy atom. The molecule has 7 heteroatoms. The maximum Gasteiger partial charge on any atom is 0.254 e. The number of amides is 1. The normalized spacial score (nSPS) is 10.8. The topological polar surface area (TPSA) is 75.4 Å². The molecule has 0 bridgehead atoms. The fourth-order valence-corrected chi connectivity index (χ4v) is 2.44. The van der Waals surface area contributed by atoms with E-state index in [1.807, 2.05) is 55.3 Å². The van der Waals surface area contributed by atoms with Gasteiger partial charge in [-0.25, -0.2) is 4.98 Å². The Morgan fingerprint density at radius 1 is 1.29 bits per heavy atom. The highest BCUT2D eigenvalue weighted by atomic mass is 16.2. The summed E-state index contributed by atoms with van der Waals surface area (Å²) in [5.41, 5.74) is 1.79. The number of fused-ring (bicyclic) bond motifs is 1. The molecule has 0 aliphatic rings. The molecule has 7 nitrogen and oxygen atoms in total. The van der Waals surface area contributed by atoms with Crippen LogP contribution in [0.5, 0.6) is 0 Å². The van der Waals surface area contributed by atoms with E-state index in [9.17, 15) is 4.79 Å². The summed E-state index contributed by atoms with van der Waals surface area (Å²) in [6, 6.07) is 11.8. The van der Waals surface area contributed by atoms with Gasteiger partial charge in [0.25, 0.3) is 5.78 Å². The van der Waals surface area contributed by atoms with E-state index in [4.69, 9.17) is 0 Å². The van der Waals surface area contributed by atoms with Crippen molar-refractivity contribution in [3.8, 4) is 11.3 Å². The number of benzene rings is 1. The number of nitrogens with one attached hydrogen (secondary N) is 1. The van der Waals surface area contributed by atoms with E-state index in [1.54, 1.807) is 4.52 Å². The zero-order valence-electron chi connectivity index (χ0n) is 13.8. The highest BCUT2D eigenvalue weighted by Crippen LogP contribution is 2.22. The molecule has 3 rings (SSSR count). The predicted octanol–water partition coefficient (Wildman–Crippen LogP) is 1.75. The van der Waals surface area contributed by atoms with Crippen molar-refractivity contribution < 1.29 is 4.79 Å². The van der Waals surface area contributed by atoms with Crippen LogP contribution >= 0.6 is 0 Å². The monoisotopic (exact) mass is 324 g/mol. The maximum absolute atomic E-state index is 12.0. The Hall–Kier alpha value is -2.96. The largest absolute Gasteiger partial charge is 0.355 e. The molecule has 1 aromatic carbocycles. The molecule has 2 aromatic heterocycles. The number of hydrogen-bond acceptors (Lipinski definition) is 5. The third-order valence-corrected chi connectivity index (χ3v) is 3.65. The number of aromatic nitrogens is 4. The quantitative estimate of drug-likeness (QED) is 0.748. The lowest BCUT2D eigenvalue weighted by molar-refractivity contribution is -0.119. The molecule has 1 amide bonds. The molecule has 24 heavy (non-hydrogen) atoms. The lowest BCUT2D eigenvalue weighted by Crippen LogP contribution is -2.36. The first-order chi connectivity index (χ1) is 11.7. The van der Waals surface area contributed by atoms with Gasteiger partial charge in [0.15, 0.2) is 0 Å². The van der Waals surface area contributed by atoms with Crippen LogP contribution in [0.1, 0.15) is 13.3 Å². The summed E-state index contributed by atoms with van der Waals surface area (Å²) in [5.74, 6) is 1.25. The molecule has 0 atom stereocenters. The predicted molar refractivity (Wildman–Crippen MR) is 92.8 cm³/mol. The van der Waals surface area contributed by atoms with Gasteiger partial charge in [-0.2, -0.15) is 14.6 Å². The van der Waals surface area contributed by atoms with Crippen LogP contribution in [-0.4, -0.2) is 45.6 Å². The number of rotatable bonds is 6. The third kappa shape index (κ3) is 3.34. The van der Waals surface area contributed by atoms with Crippen molar-refractivity contribution in [2.45, 2.75) is 13.3 Å². The van der Waals surface area contributed by atoms with Crippen LogP contribution in [0.4, 0.5) is 5.82 Å². The maximum atomic E-state index is 12.0. The van der Waals surface area contributed by atoms with Gasteiger partial charge in [-0.1, -0.05) is 37.3 Å². The summed E-state index contributed by atoms with van der Waals surface area (Å²) in [4.78, 5) is 22.6. The number of carbonyl (C=O) groups is 1. The van der Waals surface area contributed by atoms with Gasteiger partial charge in [0.2, 0.25) is 5.91 Å². The molecule has 0 aliphatic heterocycles. The van der Waals surface area contributed by atoms with Gasteiger partial charge in [-0.05, 0) is 6.42 Å². The summed E-state index contributed by atoms with van der Waals surface area (Å²) >= 11 is 0. The lowest BCUT2D eigenvalue weighted by atomic mass is 10.1. The molecule has 0 spiro atoms. The zero-order chi connectivity index (χ0) is 16.9. The van der Waals surface area contributed by atoms with Crippen LogP contribution in [0.15, 0.2) is 42.7 Å². The van der Waals surface area contributed by atoms with Gasteiger partial charge in [0.1, 0.15) is 12.1 Å². The Balaban J connectivity index is 1.94. The van der Waals surface area contributed by atoms with Gasteiger partial charge < -0.3 is 10.2 Å². The molecular weight excluding hydrogens is 304 g/mol. The highest BCUT2D eigenvalue weighted by Gasteiger charge is 2.14. The minimum atomic E-state index is -0.0225. The van der Waals surface area contributed by atoms with Crippen molar-refractivity contribution in [2.75, 3.05) is 25.0 Å². The third-order valence-electron chi connectivity index (χ3n) is 3.65. The first-order valence-corrected chi connectivity index (χ1v) is 7.93. The molecular formula is C17H20N6O. The van der Waals surface area contributed by atoms with Gasteiger partial charge in [0, 0.05) is 25.2 Å². The Labute approximate surface area is 140 Å². The average Bonchev–Trinajstić information content (AvgIpc) is 3.08. The van der Waals surface area contributed by atoms with E-state index in [2.05, 4.69) is 20.4 Å². The zero-order valence-corrected chi connectivity index (χ0v) is 13.8. The van der Waals surface area contributed by atoms with Crippen LogP contribution in [0.25, 0.3) is 17.0 Å². The summed E-state index contributed by atoms with van der Waals surface area (Å²) in [7, 11) is 1.86. The van der Waals surface area contributed by atoms with Gasteiger partial charge in [0.05, 0.1) is 12.2 Å². The smallest absolute Gasteiger partial charge is 0.254 e. The van der Waals surface area contributed by atoms with E-state index in [-0.39, 0.29) is 12.5 Å². The molecule has 0 unspecified atom stereocenters. The second-order valence-corrected chi connectivity index (χ2v) is 5.54. The lowest BCUT2D eigenvalue weighted by Gasteiger charge is -2.20. The number of hydrogen-bond donors (Lipinski definition) is 1. The van der Waals surface area contributed by atoms with Crippen molar-refractivity contribution in [1.82, 2.24) is 24.9 Å². The van der Waals surface area contributed by atoms with Gasteiger partial charge in [-0.15, -0.1) is 0 Å². The van der Waals surface area contributed by atoms with Crippen molar-refractivity contribution in [1.29, 1.82) is 0 Å². The average molecular weight is 324 g/mol. The standard InChI is InChI=1S/C17H20N6O/c1-3-9-18-15(24)11-22(2)16-10-14(13-7-5-4-6-8-13)21-17-19-12-20-23(16)17/h4-8,10,12H,3,9,11H2,1-2H3,(H,18,24). The second kappa shape index (κ2) is 7.08. The molecule has 1 N–H and O–H groups in total. The van der Waals surface area contributed by atoms with E-state index in [0.717, 1.165) is 23.5 Å². The molecule has 0 fully saturated rings. The van der Waals surface area contributed by atoms with Crippen LogP contribution in [0, 0.1) is 0 Å². The van der Waals surface area contributed by atoms with Crippen LogP contribution in [0.2, 0.25) is 0 Å². The van der Waals surface area contributed by atoms with Crippen molar-refractivity contribution >= 4 is 17.5 Å². The molecule has 0 saturated heterocycles. The first-order valence-electron chi connectivity index (χ1n) is 7.93. The van der Waals surface area contributed by atoms with Crippen LogP contribution < -0.4 is 10.2 Å². The molecule has 0 radical (unpaired) electrons. The fraction of sp³-hybridized carbons (Fsp3) is 0.294. The van der Waals surface area contributed by atoms with Crippen LogP contribution in [0.3, 0.4) is 0 Å². The number of nitrogens with zero attached hydrogens (tertiary/aromatic N) is 5. The highest BCUT2D eigenvalue weighted by molar-refractivity contribution is 5.81. The minimum Gasteiger partial charge on any atom is -0.355 e. The summed E-state index contributed by atoms with van der Waals surface area (Å²) < 4.78 is 1.64. The van der Waals surface area contributed by atoms with Crippen molar-refractivity contribution in [3.05, 3.63) is 42.7 Å². The van der Waals surface area contributed by atoms with Crippen molar-refractivity contribution in [2.24, 2.45) is 0 Å². The minimum absolute atomic E-state index is 0.0225. The van der Waals surface area contributed by atoms with E-state index >= 15 is 0 Å². The van der Waals surface area contributed by atoms with Gasteiger partial charge >= 0.3 is 0 Å². The number of carbonyl (C=O) groups excluding carboxylic acids is 1. The summed E-state index contributed by atoms with van der Waals surface area (Å²) in [5, 5.41) is 7.09. The molecule has 2 heterocycles. The molecule has 0 saturated carbocycles. The van der Waals surface area contributed by atoms with E-state index in [1.165, 1.54) is 6.33 Å². The Bertz CT molecular complexity index is 829. The number of anilines is 1. The second-order valence-electron chi connectivity index (χ2n) is 5.54. The summed E-state index contributed by atoms with van der Waals surface area (Å²) in [6.45, 7) is 2.95. The van der Waals surface area contributed by atoms with Crippen molar-refractivity contribution in [3.63, 3.8) is 0 Å². The molecule has 3 aromatic rings. The SMILES string of the molecule is CCCNC(=O)CN(C)c1cc(-c2ccccc2)nc2ncnn12.